The van der Waals surface area contributed by atoms with Crippen molar-refractivity contribution >= 4 is 0 Å². The van der Waals surface area contributed by atoms with Crippen LogP contribution in [-0.4, -0.2) is 13.6 Å². The van der Waals surface area contributed by atoms with Crippen molar-refractivity contribution in [1.29, 1.82) is 0 Å². The van der Waals surface area contributed by atoms with Gasteiger partial charge in [-0.05, 0) is 87.1 Å². The highest BCUT2D eigenvalue weighted by Crippen LogP contribution is 2.74. The molecule has 0 aliphatic heterocycles. The molecule has 84 valence electrons. The van der Waals surface area contributed by atoms with Crippen LogP contribution in [-0.2, 0) is 0 Å². The fraction of sp³-hybridized carbons (Fsp3) is 1.00. The molecule has 0 aromatic rings. The van der Waals surface area contributed by atoms with Gasteiger partial charge in [0.05, 0.1) is 0 Å². The lowest BCUT2D eigenvalue weighted by Gasteiger charge is -2.56. The smallest absolute Gasteiger partial charge is 0.00178 e. The van der Waals surface area contributed by atoms with Crippen LogP contribution in [0.2, 0.25) is 0 Å². The van der Waals surface area contributed by atoms with Crippen molar-refractivity contribution in [3.63, 3.8) is 0 Å². The predicted octanol–water partition coefficient (Wildman–Crippen LogP) is 2.67. The monoisotopic (exact) mass is 205 g/mol. The van der Waals surface area contributed by atoms with E-state index >= 15 is 0 Å². The van der Waals surface area contributed by atoms with E-state index in [0.717, 1.165) is 35.0 Å². The second kappa shape index (κ2) is 2.80. The Balaban J connectivity index is 1.62. The third-order valence-electron chi connectivity index (χ3n) is 6.31. The van der Waals surface area contributed by atoms with Gasteiger partial charge in [-0.25, -0.2) is 0 Å². The molecule has 5 aliphatic carbocycles. The second-order valence-corrected chi connectivity index (χ2v) is 6.88. The van der Waals surface area contributed by atoms with Crippen LogP contribution in [0, 0.1) is 35.0 Å². The van der Waals surface area contributed by atoms with Crippen molar-refractivity contribution in [3.8, 4) is 0 Å². The largest absolute Gasteiger partial charge is 0.319 e. The van der Waals surface area contributed by atoms with Gasteiger partial charge >= 0.3 is 0 Å². The van der Waals surface area contributed by atoms with E-state index in [1.54, 1.807) is 38.5 Å². The summed E-state index contributed by atoms with van der Waals surface area (Å²) in [5.74, 6) is 5.64. The molecule has 0 aromatic heterocycles. The Hall–Kier alpha value is -0.0400. The fourth-order valence-electron chi connectivity index (χ4n) is 5.94. The minimum absolute atomic E-state index is 0.858. The molecular weight excluding hydrogens is 182 g/mol. The maximum Gasteiger partial charge on any atom is -0.00178 e. The molecular formula is C14H23N. The molecule has 5 aliphatic rings. The van der Waals surface area contributed by atoms with E-state index in [0.29, 0.717) is 0 Å². The zero-order chi connectivity index (χ0) is 10.0. The van der Waals surface area contributed by atoms with E-state index in [2.05, 4.69) is 12.4 Å². The highest BCUT2D eigenvalue weighted by Gasteiger charge is 2.67. The molecule has 4 bridgehead atoms. The van der Waals surface area contributed by atoms with Crippen LogP contribution in [0.4, 0.5) is 0 Å². The summed E-state index contributed by atoms with van der Waals surface area (Å²) in [6.45, 7) is 1.29. The van der Waals surface area contributed by atoms with Crippen LogP contribution < -0.4 is 5.32 Å². The van der Waals surface area contributed by atoms with Gasteiger partial charge in [-0.2, -0.15) is 0 Å². The lowest BCUT2D eigenvalue weighted by molar-refractivity contribution is -0.0597. The standard InChI is InChI=1S/C14H23N/c1-15-8-13-7-14(13)11-3-9-2-10(5-11)6-12(14)4-9/h9-13,15H,2-8H2,1H3. The first-order chi connectivity index (χ1) is 7.33. The summed E-state index contributed by atoms with van der Waals surface area (Å²) in [5, 5.41) is 3.41. The summed E-state index contributed by atoms with van der Waals surface area (Å²) in [5.41, 5.74) is 0.858. The van der Waals surface area contributed by atoms with Crippen LogP contribution >= 0.6 is 0 Å². The van der Waals surface area contributed by atoms with Gasteiger partial charge in [-0.1, -0.05) is 0 Å². The molecule has 5 saturated carbocycles. The Labute approximate surface area is 93.0 Å². The van der Waals surface area contributed by atoms with E-state index in [1.165, 1.54) is 6.54 Å². The maximum absolute atomic E-state index is 3.41. The van der Waals surface area contributed by atoms with Crippen LogP contribution in [0.1, 0.15) is 38.5 Å². The SMILES string of the molecule is CNCC1CC12C1CC3CC(C1)CC2C3. The molecule has 1 atom stereocenters. The first-order valence-corrected chi connectivity index (χ1v) is 6.97. The molecule has 15 heavy (non-hydrogen) atoms. The highest BCUT2D eigenvalue weighted by atomic mass is 14.9. The molecule has 0 saturated heterocycles. The van der Waals surface area contributed by atoms with Gasteiger partial charge in [0, 0.05) is 0 Å². The summed E-state index contributed by atoms with van der Waals surface area (Å²) < 4.78 is 0. The molecule has 1 spiro atoms. The summed E-state index contributed by atoms with van der Waals surface area (Å²) in [4.78, 5) is 0. The van der Waals surface area contributed by atoms with Crippen molar-refractivity contribution in [3.05, 3.63) is 0 Å². The maximum atomic E-state index is 3.41. The second-order valence-electron chi connectivity index (χ2n) is 6.88. The Morgan fingerprint density at radius 2 is 1.60 bits per heavy atom. The van der Waals surface area contributed by atoms with Crippen LogP contribution in [0.25, 0.3) is 0 Å². The Morgan fingerprint density at radius 1 is 1.00 bits per heavy atom. The Bertz CT molecular complexity index is 255. The van der Waals surface area contributed by atoms with Gasteiger partial charge in [0.25, 0.3) is 0 Å². The van der Waals surface area contributed by atoms with Crippen molar-refractivity contribution in [2.75, 3.05) is 13.6 Å². The van der Waals surface area contributed by atoms with E-state index in [1.807, 2.05) is 0 Å². The summed E-state index contributed by atoms with van der Waals surface area (Å²) in [7, 11) is 2.13. The van der Waals surface area contributed by atoms with Gasteiger partial charge in [0.2, 0.25) is 0 Å². The third-order valence-corrected chi connectivity index (χ3v) is 6.31. The molecule has 1 N–H and O–H groups in total. The number of hydrogen-bond donors (Lipinski definition) is 1. The molecule has 0 amide bonds. The third kappa shape index (κ3) is 1.03. The summed E-state index contributed by atoms with van der Waals surface area (Å²) >= 11 is 0. The topological polar surface area (TPSA) is 12.0 Å². The van der Waals surface area contributed by atoms with E-state index in [9.17, 15) is 0 Å². The zero-order valence-electron chi connectivity index (χ0n) is 9.84. The number of hydrogen-bond acceptors (Lipinski definition) is 1. The van der Waals surface area contributed by atoms with Crippen LogP contribution in [0.15, 0.2) is 0 Å². The summed E-state index contributed by atoms with van der Waals surface area (Å²) in [6, 6.07) is 0. The van der Waals surface area contributed by atoms with Gasteiger partial charge in [0.1, 0.15) is 0 Å². The highest BCUT2D eigenvalue weighted by molar-refractivity contribution is 5.17. The lowest BCUT2D eigenvalue weighted by atomic mass is 9.49. The quantitative estimate of drug-likeness (QED) is 0.731. The van der Waals surface area contributed by atoms with E-state index in [4.69, 9.17) is 0 Å². The molecule has 0 aromatic carbocycles. The van der Waals surface area contributed by atoms with Crippen molar-refractivity contribution in [1.82, 2.24) is 5.32 Å². The average Bonchev–Trinajstić information content (AvgIpc) is 2.90. The molecule has 1 nitrogen and oxygen atoms in total. The predicted molar refractivity (Wildman–Crippen MR) is 61.5 cm³/mol. The van der Waals surface area contributed by atoms with Crippen molar-refractivity contribution in [2.24, 2.45) is 35.0 Å². The number of rotatable bonds is 2. The van der Waals surface area contributed by atoms with Gasteiger partial charge in [-0.3, -0.25) is 0 Å². The van der Waals surface area contributed by atoms with Crippen molar-refractivity contribution in [2.45, 2.75) is 38.5 Å². The summed E-state index contributed by atoms with van der Waals surface area (Å²) in [6.07, 6.45) is 9.59. The van der Waals surface area contributed by atoms with Gasteiger partial charge < -0.3 is 5.32 Å². The van der Waals surface area contributed by atoms with Gasteiger partial charge in [0.15, 0.2) is 0 Å². The minimum atomic E-state index is 0.858. The van der Waals surface area contributed by atoms with E-state index in [-0.39, 0.29) is 0 Å². The van der Waals surface area contributed by atoms with E-state index < -0.39 is 0 Å². The average molecular weight is 205 g/mol. The molecule has 0 heterocycles. The van der Waals surface area contributed by atoms with Crippen molar-refractivity contribution < 1.29 is 0 Å². The Morgan fingerprint density at radius 3 is 2.13 bits per heavy atom. The molecule has 1 unspecified atom stereocenters. The zero-order valence-corrected chi connectivity index (χ0v) is 9.84. The lowest BCUT2D eigenvalue weighted by Crippen LogP contribution is -2.47. The number of nitrogens with one attached hydrogen (secondary N) is 1. The first-order valence-electron chi connectivity index (χ1n) is 6.97. The van der Waals surface area contributed by atoms with Gasteiger partial charge in [-0.15, -0.1) is 0 Å². The van der Waals surface area contributed by atoms with Crippen LogP contribution in [0.5, 0.6) is 0 Å². The molecule has 0 radical (unpaired) electrons. The Kier molecular flexibility index (Phi) is 1.68. The molecule has 5 fully saturated rings. The fourth-order valence-corrected chi connectivity index (χ4v) is 5.94. The first kappa shape index (κ1) is 9.04. The normalized spacial score (nSPS) is 60.2. The molecule has 5 rings (SSSR count). The minimum Gasteiger partial charge on any atom is -0.319 e. The van der Waals surface area contributed by atoms with Crippen LogP contribution in [0.3, 0.4) is 0 Å². The molecule has 1 heteroatoms.